The standard InChI is InChI=1S/C22H27NO4.CH2O/c1-2-4-15-7-9-18(10-8-15)23-22(26)17-6-3-5-16(13-17)20-12-11-19(25)21(14-24)27-20;1-2/h3,5-10,13,19-21,24-25H,2,4,11-12,14H2,1H3,(H,23,26);1H2/t19?,20?,21-;/m1./s1. The number of benzene rings is 2. The van der Waals surface area contributed by atoms with E-state index in [1.165, 1.54) is 5.56 Å². The van der Waals surface area contributed by atoms with Gasteiger partial charge in [-0.05, 0) is 54.7 Å². The van der Waals surface area contributed by atoms with E-state index in [0.29, 0.717) is 18.4 Å². The van der Waals surface area contributed by atoms with Crippen LogP contribution in [0.2, 0.25) is 0 Å². The molecule has 1 amide bonds. The number of aliphatic hydroxyl groups excluding tert-OH is 2. The Balaban J connectivity index is 0.00000145. The van der Waals surface area contributed by atoms with Crippen molar-refractivity contribution in [3.63, 3.8) is 0 Å². The molecule has 1 saturated heterocycles. The van der Waals surface area contributed by atoms with Crippen LogP contribution in [-0.2, 0) is 16.0 Å². The zero-order valence-corrected chi connectivity index (χ0v) is 16.7. The number of anilines is 1. The van der Waals surface area contributed by atoms with Gasteiger partial charge >= 0.3 is 0 Å². The Labute approximate surface area is 171 Å². The van der Waals surface area contributed by atoms with Crippen LogP contribution in [-0.4, -0.2) is 41.7 Å². The summed E-state index contributed by atoms with van der Waals surface area (Å²) in [7, 11) is 0. The zero-order chi connectivity index (χ0) is 21.2. The number of carbonyl (C=O) groups excluding carboxylic acids is 2. The molecule has 6 heteroatoms. The molecule has 1 heterocycles. The van der Waals surface area contributed by atoms with Gasteiger partial charge in [0, 0.05) is 11.3 Å². The second-order valence-corrected chi connectivity index (χ2v) is 7.02. The number of carbonyl (C=O) groups is 2. The first-order chi connectivity index (χ1) is 14.1. The smallest absolute Gasteiger partial charge is 0.255 e. The fraction of sp³-hybridized carbons (Fsp3) is 0.391. The van der Waals surface area contributed by atoms with Gasteiger partial charge in [0.05, 0.1) is 18.8 Å². The second kappa shape index (κ2) is 11.5. The fourth-order valence-electron chi connectivity index (χ4n) is 3.41. The lowest BCUT2D eigenvalue weighted by molar-refractivity contribution is -0.135. The molecular weight excluding hydrogens is 370 g/mol. The van der Waals surface area contributed by atoms with Crippen LogP contribution in [0, 0.1) is 0 Å². The van der Waals surface area contributed by atoms with Crippen molar-refractivity contribution in [3.8, 4) is 0 Å². The first-order valence-corrected chi connectivity index (χ1v) is 9.84. The van der Waals surface area contributed by atoms with Crippen LogP contribution < -0.4 is 5.32 Å². The molecule has 2 unspecified atom stereocenters. The Kier molecular flexibility index (Phi) is 8.99. The topological polar surface area (TPSA) is 95.9 Å². The Morgan fingerprint density at radius 3 is 2.55 bits per heavy atom. The molecule has 1 aliphatic heterocycles. The van der Waals surface area contributed by atoms with E-state index in [9.17, 15) is 15.0 Å². The highest BCUT2D eigenvalue weighted by Gasteiger charge is 2.30. The maximum atomic E-state index is 12.6. The van der Waals surface area contributed by atoms with Crippen molar-refractivity contribution in [2.45, 2.75) is 50.9 Å². The van der Waals surface area contributed by atoms with Crippen LogP contribution in [0.25, 0.3) is 0 Å². The summed E-state index contributed by atoms with van der Waals surface area (Å²) < 4.78 is 5.79. The monoisotopic (exact) mass is 399 g/mol. The summed E-state index contributed by atoms with van der Waals surface area (Å²) >= 11 is 0. The highest BCUT2D eigenvalue weighted by atomic mass is 16.5. The number of aliphatic hydroxyl groups is 2. The number of rotatable bonds is 6. The number of hydrogen-bond donors (Lipinski definition) is 3. The van der Waals surface area contributed by atoms with E-state index in [1.807, 2.05) is 49.3 Å². The SMILES string of the molecule is C=O.CCCc1ccc(NC(=O)c2cccc(C3CCC(O)[C@@H](CO)O3)c2)cc1. The van der Waals surface area contributed by atoms with E-state index >= 15 is 0 Å². The Morgan fingerprint density at radius 1 is 1.17 bits per heavy atom. The molecule has 3 rings (SSSR count). The van der Waals surface area contributed by atoms with Gasteiger partial charge in [-0.1, -0.05) is 37.6 Å². The third-order valence-electron chi connectivity index (χ3n) is 4.94. The van der Waals surface area contributed by atoms with Crippen molar-refractivity contribution in [3.05, 3.63) is 65.2 Å². The summed E-state index contributed by atoms with van der Waals surface area (Å²) in [6.07, 6.45) is 1.89. The summed E-state index contributed by atoms with van der Waals surface area (Å²) in [4.78, 5) is 20.6. The first kappa shape index (κ1) is 22.7. The van der Waals surface area contributed by atoms with Gasteiger partial charge < -0.3 is 25.1 Å². The largest absolute Gasteiger partial charge is 0.394 e. The minimum atomic E-state index is -0.645. The molecule has 0 aromatic heterocycles. The molecule has 156 valence electrons. The predicted molar refractivity (Wildman–Crippen MR) is 112 cm³/mol. The quantitative estimate of drug-likeness (QED) is 0.693. The van der Waals surface area contributed by atoms with E-state index in [1.54, 1.807) is 6.07 Å². The lowest BCUT2D eigenvalue weighted by Crippen LogP contribution is -2.38. The molecule has 29 heavy (non-hydrogen) atoms. The maximum absolute atomic E-state index is 12.6. The van der Waals surface area contributed by atoms with Crippen LogP contribution in [0.1, 0.15) is 53.8 Å². The van der Waals surface area contributed by atoms with E-state index < -0.39 is 12.2 Å². The highest BCUT2D eigenvalue weighted by molar-refractivity contribution is 6.04. The number of aryl methyl sites for hydroxylation is 1. The minimum Gasteiger partial charge on any atom is -0.394 e. The van der Waals surface area contributed by atoms with Gasteiger partial charge in [0.2, 0.25) is 0 Å². The third-order valence-corrected chi connectivity index (χ3v) is 4.94. The summed E-state index contributed by atoms with van der Waals surface area (Å²) in [5, 5.41) is 22.1. The predicted octanol–water partition coefficient (Wildman–Crippen LogP) is 3.28. The number of hydrogen-bond acceptors (Lipinski definition) is 5. The van der Waals surface area contributed by atoms with Gasteiger partial charge in [-0.3, -0.25) is 4.79 Å². The zero-order valence-electron chi connectivity index (χ0n) is 16.7. The molecule has 0 spiro atoms. The molecule has 0 bridgehead atoms. The maximum Gasteiger partial charge on any atom is 0.255 e. The van der Waals surface area contributed by atoms with Gasteiger partial charge in [0.15, 0.2) is 0 Å². The van der Waals surface area contributed by atoms with Gasteiger partial charge in [-0.2, -0.15) is 0 Å². The van der Waals surface area contributed by atoms with Crippen molar-refractivity contribution >= 4 is 18.4 Å². The Bertz CT molecular complexity index is 777. The van der Waals surface area contributed by atoms with Gasteiger partial charge in [0.1, 0.15) is 12.9 Å². The van der Waals surface area contributed by atoms with Crippen molar-refractivity contribution < 1.29 is 24.5 Å². The molecule has 6 nitrogen and oxygen atoms in total. The summed E-state index contributed by atoms with van der Waals surface area (Å²) in [5.74, 6) is -0.172. The molecule has 3 N–H and O–H groups in total. The third kappa shape index (κ3) is 6.22. The molecule has 3 atom stereocenters. The molecule has 1 aliphatic rings. The van der Waals surface area contributed by atoms with Crippen LogP contribution in [0.3, 0.4) is 0 Å². The molecule has 2 aromatic rings. The number of ether oxygens (including phenoxy) is 1. The van der Waals surface area contributed by atoms with Gasteiger partial charge in [-0.25, -0.2) is 0 Å². The highest BCUT2D eigenvalue weighted by Crippen LogP contribution is 2.31. The minimum absolute atomic E-state index is 0.172. The second-order valence-electron chi connectivity index (χ2n) is 7.02. The van der Waals surface area contributed by atoms with Crippen molar-refractivity contribution in [1.82, 2.24) is 0 Å². The average Bonchev–Trinajstić information content (AvgIpc) is 2.77. The average molecular weight is 399 g/mol. The van der Waals surface area contributed by atoms with Crippen molar-refractivity contribution in [2.24, 2.45) is 0 Å². The molecule has 0 saturated carbocycles. The van der Waals surface area contributed by atoms with E-state index in [-0.39, 0.29) is 18.6 Å². The Morgan fingerprint density at radius 2 is 1.90 bits per heavy atom. The van der Waals surface area contributed by atoms with Crippen LogP contribution in [0.4, 0.5) is 5.69 Å². The molecule has 1 fully saturated rings. The van der Waals surface area contributed by atoms with Crippen LogP contribution >= 0.6 is 0 Å². The number of amides is 1. The summed E-state index contributed by atoms with van der Waals surface area (Å²) in [5.41, 5.74) is 3.46. The number of nitrogens with one attached hydrogen (secondary N) is 1. The van der Waals surface area contributed by atoms with Crippen molar-refractivity contribution in [2.75, 3.05) is 11.9 Å². The molecular formula is C23H29NO5. The molecule has 2 aromatic carbocycles. The fourth-order valence-corrected chi connectivity index (χ4v) is 3.41. The van der Waals surface area contributed by atoms with E-state index in [0.717, 1.165) is 24.1 Å². The van der Waals surface area contributed by atoms with Gasteiger partial charge in [-0.15, -0.1) is 0 Å². The molecule has 0 aliphatic carbocycles. The lowest BCUT2D eigenvalue weighted by atomic mass is 9.95. The Hall–Kier alpha value is -2.54. The van der Waals surface area contributed by atoms with Crippen molar-refractivity contribution in [1.29, 1.82) is 0 Å². The van der Waals surface area contributed by atoms with Crippen LogP contribution in [0.15, 0.2) is 48.5 Å². The van der Waals surface area contributed by atoms with Gasteiger partial charge in [0.25, 0.3) is 5.91 Å². The first-order valence-electron chi connectivity index (χ1n) is 9.84. The van der Waals surface area contributed by atoms with E-state index in [2.05, 4.69) is 12.2 Å². The summed E-state index contributed by atoms with van der Waals surface area (Å²) in [6.45, 7) is 3.92. The lowest BCUT2D eigenvalue weighted by Gasteiger charge is -2.33. The van der Waals surface area contributed by atoms with E-state index in [4.69, 9.17) is 9.53 Å². The summed E-state index contributed by atoms with van der Waals surface area (Å²) in [6, 6.07) is 15.2. The van der Waals surface area contributed by atoms with Crippen LogP contribution in [0.5, 0.6) is 0 Å². The normalized spacial score (nSPS) is 21.0. The molecule has 0 radical (unpaired) electrons.